The summed E-state index contributed by atoms with van der Waals surface area (Å²) >= 11 is 12.0. The number of methoxy groups -OCH3 is 1. The van der Waals surface area contributed by atoms with E-state index in [1.807, 2.05) is 0 Å². The number of aromatic nitrogens is 1. The second-order valence-electron chi connectivity index (χ2n) is 4.09. The van der Waals surface area contributed by atoms with E-state index in [4.69, 9.17) is 27.9 Å². The van der Waals surface area contributed by atoms with Gasteiger partial charge in [0, 0.05) is 28.7 Å². The Kier molecular flexibility index (Phi) is 4.64. The number of nitrogens with zero attached hydrogens (tertiary/aromatic N) is 1. The lowest BCUT2D eigenvalue weighted by atomic mass is 10.0. The molecule has 0 saturated heterocycles. The molecule has 0 spiro atoms. The molecule has 1 unspecified atom stereocenters. The predicted octanol–water partition coefficient (Wildman–Crippen LogP) is 3.67. The molecule has 19 heavy (non-hydrogen) atoms. The smallest absolute Gasteiger partial charge is 0.212 e. The maximum absolute atomic E-state index is 10.2. The van der Waals surface area contributed by atoms with Crippen molar-refractivity contribution in [3.8, 4) is 5.88 Å². The zero-order valence-electron chi connectivity index (χ0n) is 10.3. The van der Waals surface area contributed by atoms with Crippen LogP contribution >= 0.6 is 23.2 Å². The summed E-state index contributed by atoms with van der Waals surface area (Å²) in [6.07, 6.45) is 1.28. The molecule has 0 fully saturated rings. The maximum atomic E-state index is 10.2. The SMILES string of the molecule is COc1ccc(C(O)Cc2cc(Cl)ccc2Cl)cn1. The molecule has 0 aliphatic rings. The minimum absolute atomic E-state index is 0.382. The first kappa shape index (κ1) is 14.1. The summed E-state index contributed by atoms with van der Waals surface area (Å²) in [5.74, 6) is 0.511. The number of aliphatic hydroxyl groups excluding tert-OH is 1. The lowest BCUT2D eigenvalue weighted by molar-refractivity contribution is 0.178. The molecule has 0 aliphatic carbocycles. The van der Waals surface area contributed by atoms with Crippen molar-refractivity contribution in [2.24, 2.45) is 0 Å². The number of halogens is 2. The van der Waals surface area contributed by atoms with Gasteiger partial charge in [0.25, 0.3) is 0 Å². The molecule has 1 heterocycles. The van der Waals surface area contributed by atoms with Crippen molar-refractivity contribution in [1.82, 2.24) is 4.98 Å². The molecule has 0 amide bonds. The molecule has 100 valence electrons. The van der Waals surface area contributed by atoms with Crippen LogP contribution in [0.4, 0.5) is 0 Å². The van der Waals surface area contributed by atoms with E-state index in [0.717, 1.165) is 5.56 Å². The van der Waals surface area contributed by atoms with Gasteiger partial charge in [-0.3, -0.25) is 0 Å². The monoisotopic (exact) mass is 297 g/mol. The highest BCUT2D eigenvalue weighted by Gasteiger charge is 2.12. The van der Waals surface area contributed by atoms with Gasteiger partial charge in [0.1, 0.15) is 0 Å². The quantitative estimate of drug-likeness (QED) is 0.936. The molecular formula is C14H13Cl2NO2. The zero-order chi connectivity index (χ0) is 13.8. The van der Waals surface area contributed by atoms with E-state index in [9.17, 15) is 5.11 Å². The minimum Gasteiger partial charge on any atom is -0.481 e. The minimum atomic E-state index is -0.686. The lowest BCUT2D eigenvalue weighted by Gasteiger charge is -2.12. The lowest BCUT2D eigenvalue weighted by Crippen LogP contribution is -2.03. The van der Waals surface area contributed by atoms with Crippen LogP contribution in [0.3, 0.4) is 0 Å². The number of benzene rings is 1. The summed E-state index contributed by atoms with van der Waals surface area (Å²) in [6, 6.07) is 8.67. The summed E-state index contributed by atoms with van der Waals surface area (Å²) in [7, 11) is 1.55. The second-order valence-corrected chi connectivity index (χ2v) is 4.93. The third-order valence-corrected chi connectivity index (χ3v) is 3.38. The van der Waals surface area contributed by atoms with Gasteiger partial charge in [0.05, 0.1) is 13.2 Å². The average Bonchev–Trinajstić information content (AvgIpc) is 2.43. The fraction of sp³-hybridized carbons (Fsp3) is 0.214. The van der Waals surface area contributed by atoms with E-state index in [-0.39, 0.29) is 0 Å². The van der Waals surface area contributed by atoms with Crippen LogP contribution in [0, 0.1) is 0 Å². The molecule has 0 saturated carbocycles. The third kappa shape index (κ3) is 3.60. The van der Waals surface area contributed by atoms with Crippen molar-refractivity contribution >= 4 is 23.2 Å². The number of hydrogen-bond donors (Lipinski definition) is 1. The van der Waals surface area contributed by atoms with Crippen molar-refractivity contribution in [3.63, 3.8) is 0 Å². The fourth-order valence-electron chi connectivity index (χ4n) is 1.74. The summed E-state index contributed by atoms with van der Waals surface area (Å²) < 4.78 is 4.97. The van der Waals surface area contributed by atoms with Gasteiger partial charge in [-0.2, -0.15) is 0 Å². The highest BCUT2D eigenvalue weighted by Crippen LogP contribution is 2.26. The van der Waals surface area contributed by atoms with Gasteiger partial charge < -0.3 is 9.84 Å². The highest BCUT2D eigenvalue weighted by molar-refractivity contribution is 6.33. The average molecular weight is 298 g/mol. The van der Waals surface area contributed by atoms with Gasteiger partial charge in [0.15, 0.2) is 0 Å². The highest BCUT2D eigenvalue weighted by atomic mass is 35.5. The summed E-state index contributed by atoms with van der Waals surface area (Å²) in [6.45, 7) is 0. The van der Waals surface area contributed by atoms with E-state index in [1.54, 1.807) is 43.6 Å². The molecule has 0 aliphatic heterocycles. The molecule has 5 heteroatoms. The van der Waals surface area contributed by atoms with Crippen LogP contribution in [-0.4, -0.2) is 17.2 Å². The van der Waals surface area contributed by atoms with Gasteiger partial charge in [-0.05, 0) is 35.4 Å². The van der Waals surface area contributed by atoms with Crippen molar-refractivity contribution in [1.29, 1.82) is 0 Å². The first-order valence-corrected chi connectivity index (χ1v) is 6.47. The van der Waals surface area contributed by atoms with Gasteiger partial charge in [-0.25, -0.2) is 4.98 Å². The van der Waals surface area contributed by atoms with Crippen molar-refractivity contribution < 1.29 is 9.84 Å². The summed E-state index contributed by atoms with van der Waals surface area (Å²) in [4.78, 5) is 4.06. The topological polar surface area (TPSA) is 42.4 Å². The predicted molar refractivity (Wildman–Crippen MR) is 75.9 cm³/mol. The third-order valence-electron chi connectivity index (χ3n) is 2.77. The van der Waals surface area contributed by atoms with E-state index in [1.165, 1.54) is 0 Å². The van der Waals surface area contributed by atoms with Gasteiger partial charge in [-0.1, -0.05) is 23.2 Å². The molecule has 1 atom stereocenters. The van der Waals surface area contributed by atoms with Crippen LogP contribution in [0.1, 0.15) is 17.2 Å². The fourth-order valence-corrected chi connectivity index (χ4v) is 2.12. The molecule has 2 aromatic rings. The zero-order valence-corrected chi connectivity index (χ0v) is 11.8. The molecule has 0 radical (unpaired) electrons. The molecule has 1 aromatic carbocycles. The first-order chi connectivity index (χ1) is 9.10. The molecule has 3 nitrogen and oxygen atoms in total. The van der Waals surface area contributed by atoms with Gasteiger partial charge in [-0.15, -0.1) is 0 Å². The largest absolute Gasteiger partial charge is 0.481 e. The van der Waals surface area contributed by atoms with Crippen molar-refractivity contribution in [3.05, 3.63) is 57.7 Å². The Morgan fingerprint density at radius 2 is 2.05 bits per heavy atom. The van der Waals surface area contributed by atoms with E-state index < -0.39 is 6.10 Å². The molecule has 0 bridgehead atoms. The molecule has 1 N–H and O–H groups in total. The van der Waals surface area contributed by atoms with E-state index >= 15 is 0 Å². The maximum Gasteiger partial charge on any atom is 0.212 e. The second kappa shape index (κ2) is 6.24. The number of pyridine rings is 1. The molecule has 2 rings (SSSR count). The number of aliphatic hydroxyl groups is 1. The van der Waals surface area contributed by atoms with Crippen molar-refractivity contribution in [2.45, 2.75) is 12.5 Å². The van der Waals surface area contributed by atoms with Crippen LogP contribution in [0.5, 0.6) is 5.88 Å². The first-order valence-electron chi connectivity index (χ1n) is 5.72. The number of hydrogen-bond acceptors (Lipinski definition) is 3. The number of ether oxygens (including phenoxy) is 1. The normalized spacial score (nSPS) is 12.2. The Hall–Kier alpha value is -1.29. The Morgan fingerprint density at radius 1 is 1.26 bits per heavy atom. The van der Waals surface area contributed by atoms with Gasteiger partial charge in [0.2, 0.25) is 5.88 Å². The molecule has 1 aromatic heterocycles. The van der Waals surface area contributed by atoms with Crippen LogP contribution in [0.15, 0.2) is 36.5 Å². The molecular weight excluding hydrogens is 285 g/mol. The van der Waals surface area contributed by atoms with Crippen LogP contribution in [0.2, 0.25) is 10.0 Å². The summed E-state index contributed by atoms with van der Waals surface area (Å²) in [5, 5.41) is 11.4. The van der Waals surface area contributed by atoms with E-state index in [0.29, 0.717) is 27.9 Å². The Labute approximate surface area is 121 Å². The Morgan fingerprint density at radius 3 is 2.68 bits per heavy atom. The Bertz CT molecular complexity index is 558. The van der Waals surface area contributed by atoms with E-state index in [2.05, 4.69) is 4.98 Å². The van der Waals surface area contributed by atoms with Crippen LogP contribution < -0.4 is 4.74 Å². The summed E-state index contributed by atoms with van der Waals surface area (Å²) in [5.41, 5.74) is 1.51. The van der Waals surface area contributed by atoms with Gasteiger partial charge >= 0.3 is 0 Å². The standard InChI is InChI=1S/C14H13Cl2NO2/c1-19-14-5-2-9(8-17-14)13(18)7-10-6-11(15)3-4-12(10)16/h2-6,8,13,18H,7H2,1H3. The van der Waals surface area contributed by atoms with Crippen molar-refractivity contribution in [2.75, 3.05) is 7.11 Å². The van der Waals surface area contributed by atoms with Crippen LogP contribution in [-0.2, 0) is 6.42 Å². The Balaban J connectivity index is 2.15. The van der Waals surface area contributed by atoms with Crippen LogP contribution in [0.25, 0.3) is 0 Å². The number of rotatable bonds is 4.